The number of nitrogens with zero attached hydrogens (tertiary/aromatic N) is 1. The first-order chi connectivity index (χ1) is 10.5. The van der Waals surface area contributed by atoms with Crippen LogP contribution in [0.25, 0.3) is 0 Å². The van der Waals surface area contributed by atoms with E-state index in [1.807, 2.05) is 0 Å². The van der Waals surface area contributed by atoms with Crippen molar-refractivity contribution >= 4 is 17.3 Å². The average Bonchev–Trinajstić information content (AvgIpc) is 2.94. The number of nitrogens with one attached hydrogen (secondary N) is 1. The van der Waals surface area contributed by atoms with Crippen molar-refractivity contribution in [2.24, 2.45) is 0 Å². The van der Waals surface area contributed by atoms with Crippen LogP contribution in [0.1, 0.15) is 10.4 Å². The summed E-state index contributed by atoms with van der Waals surface area (Å²) in [6.45, 7) is 0.101. The Morgan fingerprint density at radius 3 is 2.68 bits per heavy atom. The van der Waals surface area contributed by atoms with E-state index in [9.17, 15) is 19.3 Å². The molecular formula is C14H9FN2O5. The summed E-state index contributed by atoms with van der Waals surface area (Å²) in [6.07, 6.45) is 0. The Morgan fingerprint density at radius 1 is 1.18 bits per heavy atom. The maximum absolute atomic E-state index is 13.8. The molecule has 0 saturated carbocycles. The molecule has 0 aliphatic carbocycles. The Bertz CT molecular complexity index is 778. The molecule has 0 unspecified atom stereocenters. The van der Waals surface area contributed by atoms with Gasteiger partial charge in [0.2, 0.25) is 6.79 Å². The van der Waals surface area contributed by atoms with Gasteiger partial charge >= 0.3 is 0 Å². The van der Waals surface area contributed by atoms with Crippen LogP contribution in [0.3, 0.4) is 0 Å². The third-order valence-corrected chi connectivity index (χ3v) is 3.04. The fraction of sp³-hybridized carbons (Fsp3) is 0.0714. The lowest BCUT2D eigenvalue weighted by atomic mass is 10.1. The quantitative estimate of drug-likeness (QED) is 0.695. The number of nitro benzene ring substituents is 1. The Labute approximate surface area is 123 Å². The predicted molar refractivity (Wildman–Crippen MR) is 73.6 cm³/mol. The highest BCUT2D eigenvalue weighted by Gasteiger charge is 2.18. The molecule has 0 bridgehead atoms. The molecule has 0 atom stereocenters. The fourth-order valence-corrected chi connectivity index (χ4v) is 1.97. The SMILES string of the molecule is O=C(Nc1ccc2c(c1)OCO2)c1ccc([N+](=O)[O-])cc1F. The number of non-ortho nitro benzene ring substituents is 1. The van der Waals surface area contributed by atoms with E-state index in [4.69, 9.17) is 9.47 Å². The third-order valence-electron chi connectivity index (χ3n) is 3.04. The van der Waals surface area contributed by atoms with Crippen molar-refractivity contribution in [3.05, 3.63) is 57.9 Å². The molecule has 1 aliphatic rings. The zero-order valence-corrected chi connectivity index (χ0v) is 11.0. The number of anilines is 1. The van der Waals surface area contributed by atoms with Crippen molar-refractivity contribution in [2.45, 2.75) is 0 Å². The number of rotatable bonds is 3. The second kappa shape index (κ2) is 5.32. The van der Waals surface area contributed by atoms with E-state index in [1.54, 1.807) is 18.2 Å². The van der Waals surface area contributed by atoms with Gasteiger partial charge in [0.05, 0.1) is 16.6 Å². The molecule has 112 valence electrons. The molecule has 0 radical (unpaired) electrons. The highest BCUT2D eigenvalue weighted by Crippen LogP contribution is 2.34. The molecule has 2 aromatic carbocycles. The maximum Gasteiger partial charge on any atom is 0.272 e. The lowest BCUT2D eigenvalue weighted by Crippen LogP contribution is -2.13. The Hall–Kier alpha value is -3.16. The van der Waals surface area contributed by atoms with Gasteiger partial charge in [-0.25, -0.2) is 4.39 Å². The van der Waals surface area contributed by atoms with Gasteiger partial charge in [-0.2, -0.15) is 0 Å². The molecule has 7 nitrogen and oxygen atoms in total. The molecule has 0 spiro atoms. The van der Waals surface area contributed by atoms with Gasteiger partial charge in [0.25, 0.3) is 11.6 Å². The Morgan fingerprint density at radius 2 is 1.95 bits per heavy atom. The summed E-state index contributed by atoms with van der Waals surface area (Å²) in [5, 5.41) is 13.0. The van der Waals surface area contributed by atoms with Crippen LogP contribution in [-0.4, -0.2) is 17.6 Å². The van der Waals surface area contributed by atoms with Crippen LogP contribution < -0.4 is 14.8 Å². The van der Waals surface area contributed by atoms with Gasteiger partial charge < -0.3 is 14.8 Å². The summed E-state index contributed by atoms with van der Waals surface area (Å²) < 4.78 is 24.1. The second-order valence-electron chi connectivity index (χ2n) is 4.44. The number of carbonyl (C=O) groups is 1. The van der Waals surface area contributed by atoms with Gasteiger partial charge in [-0.05, 0) is 18.2 Å². The van der Waals surface area contributed by atoms with Gasteiger partial charge in [0, 0.05) is 17.8 Å². The number of amides is 1. The Kier molecular flexibility index (Phi) is 3.34. The number of fused-ring (bicyclic) bond motifs is 1. The lowest BCUT2D eigenvalue weighted by Gasteiger charge is -2.07. The van der Waals surface area contributed by atoms with Crippen LogP contribution in [0.5, 0.6) is 11.5 Å². The first kappa shape index (κ1) is 13.8. The van der Waals surface area contributed by atoms with Crippen LogP contribution in [0.2, 0.25) is 0 Å². The van der Waals surface area contributed by atoms with Crippen LogP contribution in [0.15, 0.2) is 36.4 Å². The summed E-state index contributed by atoms with van der Waals surface area (Å²) in [5.74, 6) is -0.653. The molecule has 0 fully saturated rings. The van der Waals surface area contributed by atoms with Crippen molar-refractivity contribution < 1.29 is 23.6 Å². The van der Waals surface area contributed by atoms with E-state index in [0.717, 1.165) is 12.1 Å². The predicted octanol–water partition coefficient (Wildman–Crippen LogP) is 2.71. The molecule has 1 N–H and O–H groups in total. The summed E-state index contributed by atoms with van der Waals surface area (Å²) >= 11 is 0. The van der Waals surface area contributed by atoms with E-state index < -0.39 is 22.3 Å². The summed E-state index contributed by atoms with van der Waals surface area (Å²) in [7, 11) is 0. The topological polar surface area (TPSA) is 90.7 Å². The van der Waals surface area contributed by atoms with Crippen LogP contribution in [0, 0.1) is 15.9 Å². The van der Waals surface area contributed by atoms with E-state index in [1.165, 1.54) is 0 Å². The largest absolute Gasteiger partial charge is 0.454 e. The fourth-order valence-electron chi connectivity index (χ4n) is 1.97. The first-order valence-corrected chi connectivity index (χ1v) is 6.19. The minimum absolute atomic E-state index is 0.101. The molecule has 3 rings (SSSR count). The van der Waals surface area contributed by atoms with Crippen LogP contribution in [0.4, 0.5) is 15.8 Å². The van der Waals surface area contributed by atoms with Gasteiger partial charge in [-0.1, -0.05) is 0 Å². The highest BCUT2D eigenvalue weighted by molar-refractivity contribution is 6.04. The maximum atomic E-state index is 13.8. The van der Waals surface area contributed by atoms with Crippen molar-refractivity contribution in [1.29, 1.82) is 0 Å². The minimum atomic E-state index is -0.965. The van der Waals surface area contributed by atoms with E-state index in [0.29, 0.717) is 23.3 Å². The molecule has 8 heteroatoms. The summed E-state index contributed by atoms with van der Waals surface area (Å²) in [5.41, 5.74) is -0.313. The van der Waals surface area contributed by atoms with E-state index in [2.05, 4.69) is 5.32 Å². The van der Waals surface area contributed by atoms with Gasteiger partial charge in [0.15, 0.2) is 11.5 Å². The van der Waals surface area contributed by atoms with E-state index >= 15 is 0 Å². The van der Waals surface area contributed by atoms with Crippen LogP contribution >= 0.6 is 0 Å². The molecular weight excluding hydrogens is 295 g/mol. The summed E-state index contributed by atoms with van der Waals surface area (Å²) in [4.78, 5) is 21.8. The number of ether oxygens (including phenoxy) is 2. The minimum Gasteiger partial charge on any atom is -0.454 e. The lowest BCUT2D eigenvalue weighted by molar-refractivity contribution is -0.385. The molecule has 1 heterocycles. The van der Waals surface area contributed by atoms with Gasteiger partial charge in [-0.15, -0.1) is 0 Å². The number of nitro groups is 1. The molecule has 22 heavy (non-hydrogen) atoms. The third kappa shape index (κ3) is 2.53. The standard InChI is InChI=1S/C14H9FN2O5/c15-11-6-9(17(19)20)2-3-10(11)14(18)16-8-1-4-12-13(5-8)22-7-21-12/h1-6H,7H2,(H,16,18). The number of benzene rings is 2. The van der Waals surface area contributed by atoms with Crippen molar-refractivity contribution in [3.63, 3.8) is 0 Å². The number of hydrogen-bond donors (Lipinski definition) is 1. The van der Waals surface area contributed by atoms with Gasteiger partial charge in [0.1, 0.15) is 5.82 Å². The van der Waals surface area contributed by atoms with Crippen LogP contribution in [-0.2, 0) is 0 Å². The molecule has 1 aliphatic heterocycles. The zero-order valence-electron chi connectivity index (χ0n) is 11.0. The van der Waals surface area contributed by atoms with Crippen molar-refractivity contribution in [3.8, 4) is 11.5 Å². The first-order valence-electron chi connectivity index (χ1n) is 6.19. The summed E-state index contributed by atoms with van der Waals surface area (Å²) in [6, 6.07) is 7.57. The van der Waals surface area contributed by atoms with Gasteiger partial charge in [-0.3, -0.25) is 14.9 Å². The molecule has 0 saturated heterocycles. The zero-order chi connectivity index (χ0) is 15.7. The monoisotopic (exact) mass is 304 g/mol. The van der Waals surface area contributed by atoms with Crippen molar-refractivity contribution in [1.82, 2.24) is 0 Å². The molecule has 1 amide bonds. The number of halogens is 1. The number of hydrogen-bond acceptors (Lipinski definition) is 5. The smallest absolute Gasteiger partial charge is 0.272 e. The Balaban J connectivity index is 1.81. The average molecular weight is 304 g/mol. The van der Waals surface area contributed by atoms with E-state index in [-0.39, 0.29) is 12.4 Å². The van der Waals surface area contributed by atoms with Crippen molar-refractivity contribution in [2.75, 3.05) is 12.1 Å². The normalized spacial score (nSPS) is 12.0. The molecule has 0 aromatic heterocycles. The number of carbonyl (C=O) groups excluding carboxylic acids is 1. The molecule has 2 aromatic rings. The highest BCUT2D eigenvalue weighted by atomic mass is 19.1. The second-order valence-corrected chi connectivity index (χ2v) is 4.44.